The molecule has 0 spiro atoms. The number of nitrogens with zero attached hydrogens (tertiary/aromatic N) is 1. The molecule has 1 atom stereocenters. The Kier molecular flexibility index (Phi) is 7.04. The standard InChI is InChI=1S/C18H31N3O/c1-7-15-8-10-16(11-9-15)20-17(22)14(2)19-12-18(3,4)13-21(5)6/h8-11,14,19H,7,12-13H2,1-6H3,(H,20,22)/t14-/m0/s1. The first-order chi connectivity index (χ1) is 10.2. The molecular weight excluding hydrogens is 274 g/mol. The Morgan fingerprint density at radius 2 is 1.82 bits per heavy atom. The summed E-state index contributed by atoms with van der Waals surface area (Å²) < 4.78 is 0. The quantitative estimate of drug-likeness (QED) is 0.776. The van der Waals surface area contributed by atoms with Crippen LogP contribution in [0.4, 0.5) is 5.69 Å². The third kappa shape index (κ3) is 6.58. The second-order valence-corrected chi connectivity index (χ2v) is 7.04. The topological polar surface area (TPSA) is 44.4 Å². The number of carbonyl (C=O) groups is 1. The number of anilines is 1. The molecule has 0 aliphatic rings. The van der Waals surface area contributed by atoms with Gasteiger partial charge in [0, 0.05) is 18.8 Å². The van der Waals surface area contributed by atoms with Crippen LogP contribution in [-0.2, 0) is 11.2 Å². The van der Waals surface area contributed by atoms with Gasteiger partial charge in [-0.25, -0.2) is 0 Å². The van der Waals surface area contributed by atoms with Gasteiger partial charge in [-0.2, -0.15) is 0 Å². The minimum Gasteiger partial charge on any atom is -0.325 e. The van der Waals surface area contributed by atoms with E-state index < -0.39 is 0 Å². The van der Waals surface area contributed by atoms with Crippen molar-refractivity contribution >= 4 is 11.6 Å². The van der Waals surface area contributed by atoms with Crippen LogP contribution in [0, 0.1) is 5.41 Å². The third-order valence-corrected chi connectivity index (χ3v) is 3.65. The Morgan fingerprint density at radius 3 is 2.32 bits per heavy atom. The zero-order chi connectivity index (χ0) is 16.8. The van der Waals surface area contributed by atoms with Gasteiger partial charge in [0.2, 0.25) is 5.91 Å². The number of benzene rings is 1. The molecular formula is C18H31N3O. The molecule has 1 aromatic carbocycles. The second-order valence-electron chi connectivity index (χ2n) is 7.04. The molecule has 0 aliphatic carbocycles. The Balaban J connectivity index is 2.47. The average Bonchev–Trinajstić information content (AvgIpc) is 2.44. The lowest BCUT2D eigenvalue weighted by atomic mass is 9.92. The van der Waals surface area contributed by atoms with E-state index in [0.717, 1.165) is 25.2 Å². The maximum Gasteiger partial charge on any atom is 0.241 e. The molecule has 4 nitrogen and oxygen atoms in total. The molecule has 0 aliphatic heterocycles. The van der Waals surface area contributed by atoms with Gasteiger partial charge >= 0.3 is 0 Å². The summed E-state index contributed by atoms with van der Waals surface area (Å²) in [6.07, 6.45) is 1.01. The molecule has 1 rings (SSSR count). The van der Waals surface area contributed by atoms with Gasteiger partial charge in [-0.05, 0) is 50.6 Å². The van der Waals surface area contributed by atoms with Crippen molar-refractivity contribution in [3.05, 3.63) is 29.8 Å². The van der Waals surface area contributed by atoms with E-state index in [-0.39, 0.29) is 17.4 Å². The van der Waals surface area contributed by atoms with Crippen LogP contribution in [0.15, 0.2) is 24.3 Å². The average molecular weight is 305 g/mol. The fraction of sp³-hybridized carbons (Fsp3) is 0.611. The van der Waals surface area contributed by atoms with Crippen molar-refractivity contribution in [1.29, 1.82) is 0 Å². The number of nitrogens with one attached hydrogen (secondary N) is 2. The van der Waals surface area contributed by atoms with Gasteiger partial charge in [0.25, 0.3) is 0 Å². The predicted molar refractivity (Wildman–Crippen MR) is 94.2 cm³/mol. The molecule has 1 aromatic rings. The van der Waals surface area contributed by atoms with Gasteiger partial charge in [-0.15, -0.1) is 0 Å². The monoisotopic (exact) mass is 305 g/mol. The smallest absolute Gasteiger partial charge is 0.241 e. The van der Waals surface area contributed by atoms with Gasteiger partial charge < -0.3 is 15.5 Å². The molecule has 4 heteroatoms. The lowest BCUT2D eigenvalue weighted by Gasteiger charge is -2.29. The van der Waals surface area contributed by atoms with Crippen molar-refractivity contribution in [3.8, 4) is 0 Å². The number of amides is 1. The van der Waals surface area contributed by atoms with Gasteiger partial charge in [0.1, 0.15) is 0 Å². The van der Waals surface area contributed by atoms with Crippen molar-refractivity contribution in [1.82, 2.24) is 10.2 Å². The first-order valence-electron chi connectivity index (χ1n) is 8.01. The summed E-state index contributed by atoms with van der Waals surface area (Å²) in [5, 5.41) is 6.29. The zero-order valence-electron chi connectivity index (χ0n) is 14.9. The summed E-state index contributed by atoms with van der Waals surface area (Å²) in [6.45, 7) is 10.2. The highest BCUT2D eigenvalue weighted by Crippen LogP contribution is 2.15. The van der Waals surface area contributed by atoms with Crippen LogP contribution >= 0.6 is 0 Å². The summed E-state index contributed by atoms with van der Waals surface area (Å²) in [7, 11) is 4.13. The van der Waals surface area contributed by atoms with Crippen molar-refractivity contribution in [2.75, 3.05) is 32.5 Å². The lowest BCUT2D eigenvalue weighted by Crippen LogP contribution is -2.45. The summed E-state index contributed by atoms with van der Waals surface area (Å²) in [6, 6.07) is 7.80. The molecule has 1 amide bonds. The Morgan fingerprint density at radius 1 is 1.23 bits per heavy atom. The van der Waals surface area contributed by atoms with E-state index in [1.165, 1.54) is 5.56 Å². The molecule has 0 heterocycles. The first kappa shape index (κ1) is 18.7. The minimum atomic E-state index is -0.215. The first-order valence-corrected chi connectivity index (χ1v) is 8.01. The van der Waals surface area contributed by atoms with E-state index in [9.17, 15) is 4.79 Å². The molecule has 0 unspecified atom stereocenters. The van der Waals surface area contributed by atoms with E-state index in [2.05, 4.69) is 50.4 Å². The predicted octanol–water partition coefficient (Wildman–Crippen LogP) is 2.75. The maximum absolute atomic E-state index is 12.2. The molecule has 22 heavy (non-hydrogen) atoms. The summed E-state index contributed by atoms with van der Waals surface area (Å²) in [5.41, 5.74) is 2.25. The number of aryl methyl sites for hydroxylation is 1. The highest BCUT2D eigenvalue weighted by Gasteiger charge is 2.21. The molecule has 124 valence electrons. The fourth-order valence-corrected chi connectivity index (χ4v) is 2.51. The minimum absolute atomic E-state index is 0.00454. The summed E-state index contributed by atoms with van der Waals surface area (Å²) in [5.74, 6) is 0.00454. The molecule has 0 saturated carbocycles. The molecule has 0 bridgehead atoms. The van der Waals surface area contributed by atoms with Crippen LogP contribution in [0.5, 0.6) is 0 Å². The number of carbonyl (C=O) groups excluding carboxylic acids is 1. The number of hydrogen-bond donors (Lipinski definition) is 2. The van der Waals surface area contributed by atoms with E-state index >= 15 is 0 Å². The van der Waals surface area contributed by atoms with Crippen LogP contribution in [0.25, 0.3) is 0 Å². The van der Waals surface area contributed by atoms with Gasteiger partial charge in [0.15, 0.2) is 0 Å². The lowest BCUT2D eigenvalue weighted by molar-refractivity contribution is -0.117. The van der Waals surface area contributed by atoms with Gasteiger partial charge in [-0.1, -0.05) is 32.9 Å². The van der Waals surface area contributed by atoms with E-state index in [4.69, 9.17) is 0 Å². The number of hydrogen-bond acceptors (Lipinski definition) is 3. The summed E-state index contributed by atoms with van der Waals surface area (Å²) in [4.78, 5) is 14.4. The van der Waals surface area contributed by atoms with Crippen LogP contribution in [-0.4, -0.2) is 44.0 Å². The largest absolute Gasteiger partial charge is 0.325 e. The van der Waals surface area contributed by atoms with Crippen molar-refractivity contribution < 1.29 is 4.79 Å². The van der Waals surface area contributed by atoms with Gasteiger partial charge in [-0.3, -0.25) is 4.79 Å². The molecule has 0 aromatic heterocycles. The van der Waals surface area contributed by atoms with E-state index in [0.29, 0.717) is 0 Å². The van der Waals surface area contributed by atoms with Crippen LogP contribution in [0.1, 0.15) is 33.3 Å². The second kappa shape index (κ2) is 8.30. The Labute approximate surface area is 135 Å². The Hall–Kier alpha value is -1.39. The molecule has 2 N–H and O–H groups in total. The van der Waals surface area contributed by atoms with Crippen LogP contribution in [0.2, 0.25) is 0 Å². The fourth-order valence-electron chi connectivity index (χ4n) is 2.51. The van der Waals surface area contributed by atoms with Crippen molar-refractivity contribution in [2.45, 2.75) is 40.2 Å². The van der Waals surface area contributed by atoms with Crippen molar-refractivity contribution in [3.63, 3.8) is 0 Å². The third-order valence-electron chi connectivity index (χ3n) is 3.65. The normalized spacial score (nSPS) is 13.2. The maximum atomic E-state index is 12.2. The molecule has 0 saturated heterocycles. The van der Waals surface area contributed by atoms with Gasteiger partial charge in [0.05, 0.1) is 6.04 Å². The van der Waals surface area contributed by atoms with Crippen molar-refractivity contribution in [2.24, 2.45) is 5.41 Å². The Bertz CT molecular complexity index is 466. The summed E-state index contributed by atoms with van der Waals surface area (Å²) >= 11 is 0. The SMILES string of the molecule is CCc1ccc(NC(=O)[C@H](C)NCC(C)(C)CN(C)C)cc1. The van der Waals surface area contributed by atoms with E-state index in [1.807, 2.05) is 31.2 Å². The van der Waals surface area contributed by atoms with Crippen LogP contribution in [0.3, 0.4) is 0 Å². The molecule has 0 fully saturated rings. The highest BCUT2D eigenvalue weighted by atomic mass is 16.2. The molecule has 0 radical (unpaired) electrons. The van der Waals surface area contributed by atoms with Crippen LogP contribution < -0.4 is 10.6 Å². The zero-order valence-corrected chi connectivity index (χ0v) is 14.9. The van der Waals surface area contributed by atoms with E-state index in [1.54, 1.807) is 0 Å². The highest BCUT2D eigenvalue weighted by molar-refractivity contribution is 5.94. The number of rotatable bonds is 8.